The number of para-hydroxylation sites is 1. The van der Waals surface area contributed by atoms with Crippen LogP contribution in [0.1, 0.15) is 55.8 Å². The lowest BCUT2D eigenvalue weighted by Gasteiger charge is -2.38. The molecule has 14 heteroatoms. The lowest BCUT2D eigenvalue weighted by atomic mass is 10.00. The maximum absolute atomic E-state index is 13.1. The molecule has 3 fully saturated rings. The van der Waals surface area contributed by atoms with E-state index in [1.54, 1.807) is 18.2 Å². The van der Waals surface area contributed by atoms with Crippen molar-refractivity contribution in [3.05, 3.63) is 47.7 Å². The molecule has 0 radical (unpaired) electrons. The van der Waals surface area contributed by atoms with Gasteiger partial charge < -0.3 is 33.5 Å². The van der Waals surface area contributed by atoms with Gasteiger partial charge in [0, 0.05) is 41.3 Å². The van der Waals surface area contributed by atoms with Crippen molar-refractivity contribution in [2.75, 3.05) is 12.0 Å². The fourth-order valence-corrected chi connectivity index (χ4v) is 7.54. The average molecular weight is 632 g/mol. The monoisotopic (exact) mass is 631 g/mol. The van der Waals surface area contributed by atoms with Gasteiger partial charge in [-0.2, -0.15) is 0 Å². The van der Waals surface area contributed by atoms with Crippen molar-refractivity contribution in [3.8, 4) is 28.5 Å². The Balaban J connectivity index is 1.10. The highest BCUT2D eigenvalue weighted by atomic mass is 32.1. The van der Waals surface area contributed by atoms with Crippen molar-refractivity contribution < 1.29 is 46.5 Å². The number of aromatic nitrogens is 2. The SMILES string of the molecule is COc1cc(OC(=O)O)cc2sc(N3[C@@H]4CC[C@H]3C[C@@H](OCc3c(-c5ccccc5OC(F)(F)F)noc3C3CC3)C4)nc12. The van der Waals surface area contributed by atoms with E-state index in [-0.39, 0.29) is 47.8 Å². The lowest BCUT2D eigenvalue weighted by molar-refractivity contribution is -0.274. The first kappa shape index (κ1) is 28.7. The van der Waals surface area contributed by atoms with Gasteiger partial charge in [0.05, 0.1) is 24.5 Å². The Morgan fingerprint density at radius 1 is 1.11 bits per heavy atom. The summed E-state index contributed by atoms with van der Waals surface area (Å²) in [7, 11) is 1.50. The molecule has 2 aromatic heterocycles. The molecule has 4 heterocycles. The van der Waals surface area contributed by atoms with Crippen LogP contribution in [-0.2, 0) is 11.3 Å². The fraction of sp³-hybridized carbons (Fsp3) is 0.433. The molecule has 2 aromatic carbocycles. The minimum absolute atomic E-state index is 0.0697. The highest BCUT2D eigenvalue weighted by Gasteiger charge is 2.43. The van der Waals surface area contributed by atoms with Gasteiger partial charge in [-0.05, 0) is 50.7 Å². The zero-order valence-corrected chi connectivity index (χ0v) is 24.3. The molecule has 3 aliphatic rings. The highest BCUT2D eigenvalue weighted by molar-refractivity contribution is 7.22. The van der Waals surface area contributed by atoms with E-state index in [2.05, 4.69) is 14.8 Å². The lowest BCUT2D eigenvalue weighted by Crippen LogP contribution is -2.45. The van der Waals surface area contributed by atoms with Crippen LogP contribution in [0.3, 0.4) is 0 Å². The normalized spacial score (nSPS) is 21.5. The summed E-state index contributed by atoms with van der Waals surface area (Å²) < 4.78 is 66.9. The summed E-state index contributed by atoms with van der Waals surface area (Å²) in [5, 5.41) is 14.1. The van der Waals surface area contributed by atoms with Crippen LogP contribution in [0.4, 0.5) is 23.1 Å². The predicted molar refractivity (Wildman–Crippen MR) is 153 cm³/mol. The minimum atomic E-state index is -4.84. The maximum Gasteiger partial charge on any atom is 0.573 e. The van der Waals surface area contributed by atoms with Gasteiger partial charge in [0.1, 0.15) is 34.2 Å². The summed E-state index contributed by atoms with van der Waals surface area (Å²) in [4.78, 5) is 18.3. The van der Waals surface area contributed by atoms with Crippen molar-refractivity contribution in [1.29, 1.82) is 0 Å². The second kappa shape index (κ2) is 11.1. The Kier molecular flexibility index (Phi) is 7.28. The topological polar surface area (TPSA) is 116 Å². The number of piperidine rings is 1. The van der Waals surface area contributed by atoms with E-state index in [0.29, 0.717) is 28.3 Å². The van der Waals surface area contributed by atoms with Crippen molar-refractivity contribution >= 4 is 32.8 Å². The van der Waals surface area contributed by atoms with Crippen LogP contribution in [0, 0.1) is 0 Å². The van der Waals surface area contributed by atoms with Crippen LogP contribution in [0.2, 0.25) is 0 Å². The molecular formula is C30H28F3N3O7S. The number of benzene rings is 2. The first-order chi connectivity index (χ1) is 21.2. The van der Waals surface area contributed by atoms with Crippen molar-refractivity contribution in [2.24, 2.45) is 0 Å². The summed E-state index contributed by atoms with van der Waals surface area (Å²) in [6.45, 7) is 0.166. The van der Waals surface area contributed by atoms with Crippen LogP contribution in [0.15, 0.2) is 40.9 Å². The second-order valence-electron chi connectivity index (χ2n) is 11.2. The Labute approximate surface area is 253 Å². The molecular weight excluding hydrogens is 603 g/mol. The van der Waals surface area contributed by atoms with Crippen molar-refractivity contribution in [2.45, 2.75) is 75.6 Å². The van der Waals surface area contributed by atoms with Gasteiger partial charge in [-0.15, -0.1) is 13.2 Å². The third-order valence-corrected chi connectivity index (χ3v) is 9.37. The molecule has 1 N–H and O–H groups in total. The summed E-state index contributed by atoms with van der Waals surface area (Å²) in [6.07, 6.45) is -1.00. The Morgan fingerprint density at radius 2 is 1.86 bits per heavy atom. The van der Waals surface area contributed by atoms with Gasteiger partial charge in [-0.1, -0.05) is 28.6 Å². The van der Waals surface area contributed by atoms with E-state index in [9.17, 15) is 18.0 Å². The first-order valence-electron chi connectivity index (χ1n) is 14.3. The number of hydrogen-bond donors (Lipinski definition) is 1. The van der Waals surface area contributed by atoms with E-state index < -0.39 is 12.5 Å². The molecule has 2 bridgehead atoms. The van der Waals surface area contributed by atoms with Crippen LogP contribution >= 0.6 is 11.3 Å². The number of anilines is 1. The molecule has 1 aliphatic carbocycles. The molecule has 3 atom stereocenters. The van der Waals surface area contributed by atoms with Gasteiger partial charge in [0.2, 0.25) is 0 Å². The number of carboxylic acid groups (broad SMARTS) is 1. The number of nitrogens with zero attached hydrogens (tertiary/aromatic N) is 3. The summed E-state index contributed by atoms with van der Waals surface area (Å²) in [5.41, 5.74) is 1.82. The molecule has 0 spiro atoms. The molecule has 44 heavy (non-hydrogen) atoms. The molecule has 2 aliphatic heterocycles. The number of carbonyl (C=O) groups is 1. The van der Waals surface area contributed by atoms with E-state index >= 15 is 0 Å². The zero-order valence-electron chi connectivity index (χ0n) is 23.5. The zero-order chi connectivity index (χ0) is 30.6. The van der Waals surface area contributed by atoms with E-state index in [1.165, 1.54) is 36.6 Å². The van der Waals surface area contributed by atoms with Crippen LogP contribution in [-0.4, -0.2) is 53.1 Å². The van der Waals surface area contributed by atoms with Crippen LogP contribution in [0.5, 0.6) is 17.2 Å². The maximum atomic E-state index is 13.1. The highest BCUT2D eigenvalue weighted by Crippen LogP contribution is 2.48. The second-order valence-corrected chi connectivity index (χ2v) is 12.2. The minimum Gasteiger partial charge on any atom is -0.494 e. The standard InChI is InChI=1S/C30H28F3N3O7S/c1-39-23-12-19(41-29(37)38)13-24-26(23)34-28(44-24)36-16-8-9-17(36)11-18(10-16)40-14-21-25(35-43-27(21)15-6-7-15)20-4-2-3-5-22(20)42-30(31,32)33/h2-5,12-13,15-18H,6-11,14H2,1H3,(H,37,38)/t16-,17+,18+. The number of thiazole rings is 1. The molecule has 232 valence electrons. The molecule has 2 saturated heterocycles. The quantitative estimate of drug-likeness (QED) is 0.147. The van der Waals surface area contributed by atoms with Crippen molar-refractivity contribution in [3.63, 3.8) is 0 Å². The summed E-state index contributed by atoms with van der Waals surface area (Å²) in [6, 6.07) is 9.46. The van der Waals surface area contributed by atoms with Gasteiger partial charge in [0.15, 0.2) is 5.13 Å². The molecule has 7 rings (SSSR count). The third kappa shape index (κ3) is 5.63. The number of alkyl halides is 3. The Morgan fingerprint density at radius 3 is 2.55 bits per heavy atom. The summed E-state index contributed by atoms with van der Waals surface area (Å²) >= 11 is 1.46. The number of ether oxygens (including phenoxy) is 4. The van der Waals surface area contributed by atoms with E-state index in [1.807, 2.05) is 0 Å². The number of rotatable bonds is 9. The van der Waals surface area contributed by atoms with Crippen LogP contribution in [0.25, 0.3) is 21.5 Å². The van der Waals surface area contributed by atoms with Gasteiger partial charge >= 0.3 is 12.5 Å². The van der Waals surface area contributed by atoms with Gasteiger partial charge in [-0.3, -0.25) is 0 Å². The smallest absolute Gasteiger partial charge is 0.494 e. The van der Waals surface area contributed by atoms with Gasteiger partial charge in [-0.25, -0.2) is 9.78 Å². The summed E-state index contributed by atoms with van der Waals surface area (Å²) in [5.74, 6) is 1.11. The van der Waals surface area contributed by atoms with Gasteiger partial charge in [0.25, 0.3) is 0 Å². The third-order valence-electron chi connectivity index (χ3n) is 8.36. The number of hydrogen-bond acceptors (Lipinski definition) is 10. The van der Waals surface area contributed by atoms with Crippen molar-refractivity contribution in [1.82, 2.24) is 10.1 Å². The Bertz CT molecular complexity index is 1690. The number of methoxy groups -OCH3 is 1. The van der Waals surface area contributed by atoms with E-state index in [4.69, 9.17) is 28.8 Å². The number of fused-ring (bicyclic) bond motifs is 3. The average Bonchev–Trinajstić information content (AvgIpc) is 3.49. The molecule has 1 saturated carbocycles. The molecule has 0 unspecified atom stereocenters. The number of halogens is 3. The van der Waals surface area contributed by atoms with E-state index in [0.717, 1.165) is 48.4 Å². The molecule has 0 amide bonds. The largest absolute Gasteiger partial charge is 0.573 e. The first-order valence-corrected chi connectivity index (χ1v) is 15.1. The van der Waals surface area contributed by atoms with Crippen LogP contribution < -0.4 is 19.1 Å². The fourth-order valence-electron chi connectivity index (χ4n) is 6.38. The molecule has 10 nitrogen and oxygen atoms in total. The Hall–Kier alpha value is -4.04. The predicted octanol–water partition coefficient (Wildman–Crippen LogP) is 7.51. The molecule has 4 aromatic rings.